The second-order valence-corrected chi connectivity index (χ2v) is 12.2. The van der Waals surface area contributed by atoms with Gasteiger partial charge in [-0.05, 0) is 81.2 Å². The molecule has 2 atom stereocenters. The van der Waals surface area contributed by atoms with Crippen molar-refractivity contribution in [2.24, 2.45) is 0 Å². The van der Waals surface area contributed by atoms with Crippen molar-refractivity contribution in [2.75, 3.05) is 37.5 Å². The number of halogens is 1. The second-order valence-electron chi connectivity index (χ2n) is 11.3. The maximum absolute atomic E-state index is 14.5. The Labute approximate surface area is 270 Å². The molecule has 232 valence electrons. The molecule has 1 heterocycles. The lowest BCUT2D eigenvalue weighted by Crippen LogP contribution is -2.55. The summed E-state index contributed by atoms with van der Waals surface area (Å²) in [5, 5.41) is 4.80. The van der Waals surface area contributed by atoms with Gasteiger partial charge in [-0.25, -0.2) is 0 Å². The van der Waals surface area contributed by atoms with E-state index in [0.29, 0.717) is 28.3 Å². The lowest BCUT2D eigenvalue weighted by molar-refractivity contribution is -0.129. The predicted molar refractivity (Wildman–Crippen MR) is 179 cm³/mol. The molecular weight excluding hydrogens is 636 g/mol. The molecule has 1 aliphatic rings. The summed E-state index contributed by atoms with van der Waals surface area (Å²) in [6.45, 7) is 3.25. The SMILES string of the molecule is COc1ccc2cc(Br)ccc2c1CN1C(=O)C(NC(=O)C(C)N(C)C)CN(C(=O)c2ccc(C(C)=O)cc2)c2ccccc21. The maximum atomic E-state index is 14.5. The summed E-state index contributed by atoms with van der Waals surface area (Å²) in [4.78, 5) is 58.7. The number of carbonyl (C=O) groups is 4. The topological polar surface area (TPSA) is 99.3 Å². The van der Waals surface area contributed by atoms with E-state index in [1.54, 1.807) is 74.3 Å². The van der Waals surface area contributed by atoms with Crippen molar-refractivity contribution in [1.82, 2.24) is 10.2 Å². The van der Waals surface area contributed by atoms with Crippen molar-refractivity contribution in [3.63, 3.8) is 0 Å². The van der Waals surface area contributed by atoms with Crippen LogP contribution < -0.4 is 19.9 Å². The number of rotatable bonds is 8. The molecule has 45 heavy (non-hydrogen) atoms. The molecule has 0 aromatic heterocycles. The number of para-hydroxylation sites is 2. The highest BCUT2D eigenvalue weighted by molar-refractivity contribution is 9.10. The number of nitrogens with zero attached hydrogens (tertiary/aromatic N) is 3. The quantitative estimate of drug-likeness (QED) is 0.251. The van der Waals surface area contributed by atoms with Crippen molar-refractivity contribution in [3.05, 3.63) is 100 Å². The maximum Gasteiger partial charge on any atom is 0.258 e. The molecule has 1 aliphatic heterocycles. The van der Waals surface area contributed by atoms with E-state index in [1.807, 2.05) is 42.5 Å². The van der Waals surface area contributed by atoms with Crippen LogP contribution in [0, 0.1) is 0 Å². The van der Waals surface area contributed by atoms with E-state index < -0.39 is 12.1 Å². The number of ether oxygens (including phenoxy) is 1. The van der Waals surface area contributed by atoms with Gasteiger partial charge in [0.15, 0.2) is 5.78 Å². The van der Waals surface area contributed by atoms with Crippen molar-refractivity contribution in [2.45, 2.75) is 32.5 Å². The summed E-state index contributed by atoms with van der Waals surface area (Å²) in [5.74, 6) is -0.557. The number of Topliss-reactive ketones (excluding diaryl/α,β-unsaturated/α-hetero) is 1. The molecule has 4 aromatic carbocycles. The predicted octanol–water partition coefficient (Wildman–Crippen LogP) is 5.44. The van der Waals surface area contributed by atoms with E-state index in [-0.39, 0.29) is 36.6 Å². The molecule has 0 radical (unpaired) electrons. The Morgan fingerprint density at radius 1 is 0.978 bits per heavy atom. The lowest BCUT2D eigenvalue weighted by Gasteiger charge is -2.28. The van der Waals surface area contributed by atoms with Gasteiger partial charge in [0.05, 0.1) is 37.6 Å². The van der Waals surface area contributed by atoms with Crippen LogP contribution in [0.25, 0.3) is 10.8 Å². The van der Waals surface area contributed by atoms with Crippen molar-refractivity contribution < 1.29 is 23.9 Å². The molecule has 10 heteroatoms. The highest BCUT2D eigenvalue weighted by Gasteiger charge is 2.38. The van der Waals surface area contributed by atoms with Gasteiger partial charge in [0.25, 0.3) is 11.8 Å². The third kappa shape index (κ3) is 6.48. The number of fused-ring (bicyclic) bond motifs is 2. The smallest absolute Gasteiger partial charge is 0.258 e. The Bertz CT molecular complexity index is 1790. The Morgan fingerprint density at radius 2 is 1.64 bits per heavy atom. The Morgan fingerprint density at radius 3 is 2.29 bits per heavy atom. The van der Waals surface area contributed by atoms with Gasteiger partial charge >= 0.3 is 0 Å². The first kappa shape index (κ1) is 31.9. The molecule has 0 aliphatic carbocycles. The van der Waals surface area contributed by atoms with Crippen LogP contribution in [0.15, 0.2) is 83.3 Å². The molecule has 0 fully saturated rings. The summed E-state index contributed by atoms with van der Waals surface area (Å²) in [6, 6.07) is 21.8. The third-order valence-corrected chi connectivity index (χ3v) is 8.73. The van der Waals surface area contributed by atoms with Gasteiger partial charge in [-0.1, -0.05) is 52.3 Å². The van der Waals surface area contributed by atoms with E-state index in [1.165, 1.54) is 11.8 Å². The molecule has 5 rings (SSSR count). The number of amides is 3. The van der Waals surface area contributed by atoms with Crippen LogP contribution in [0.1, 0.15) is 40.1 Å². The fraction of sp³-hybridized carbons (Fsp3) is 0.257. The largest absolute Gasteiger partial charge is 0.496 e. The summed E-state index contributed by atoms with van der Waals surface area (Å²) in [7, 11) is 5.16. The molecule has 2 unspecified atom stereocenters. The van der Waals surface area contributed by atoms with Crippen LogP contribution in [-0.4, -0.2) is 68.2 Å². The van der Waals surface area contributed by atoms with E-state index in [0.717, 1.165) is 20.8 Å². The summed E-state index contributed by atoms with van der Waals surface area (Å²) >= 11 is 3.54. The first-order chi connectivity index (χ1) is 21.5. The van der Waals surface area contributed by atoms with Crippen molar-refractivity contribution in [1.29, 1.82) is 0 Å². The van der Waals surface area contributed by atoms with Crippen LogP contribution in [0.3, 0.4) is 0 Å². The Kier molecular flexibility index (Phi) is 9.36. The average Bonchev–Trinajstić information content (AvgIpc) is 3.14. The Hall–Kier alpha value is -4.54. The van der Waals surface area contributed by atoms with Crippen molar-refractivity contribution >= 4 is 61.6 Å². The summed E-state index contributed by atoms with van der Waals surface area (Å²) < 4.78 is 6.68. The molecule has 0 saturated carbocycles. The molecule has 1 N–H and O–H groups in total. The number of methoxy groups -OCH3 is 1. The van der Waals surface area contributed by atoms with E-state index in [4.69, 9.17) is 4.74 Å². The van der Waals surface area contributed by atoms with Crippen LogP contribution >= 0.6 is 15.9 Å². The van der Waals surface area contributed by atoms with Crippen LogP contribution in [0.2, 0.25) is 0 Å². The molecule has 3 amide bonds. The number of hydrogen-bond acceptors (Lipinski definition) is 6. The number of hydrogen-bond donors (Lipinski definition) is 1. The van der Waals surface area contributed by atoms with Gasteiger partial charge in [0, 0.05) is 21.2 Å². The van der Waals surface area contributed by atoms with E-state index in [2.05, 4.69) is 21.2 Å². The zero-order chi connectivity index (χ0) is 32.4. The molecule has 4 aromatic rings. The van der Waals surface area contributed by atoms with E-state index in [9.17, 15) is 19.2 Å². The van der Waals surface area contributed by atoms with Gasteiger partial charge in [-0.15, -0.1) is 0 Å². The standard InChI is InChI=1S/C35H35BrN4O5/c1-21(38(3)4)33(42)37-29-20-40(34(43)24-12-10-23(11-13-24)22(2)41)31-9-7-6-8-30(31)39(35(29)44)19-28-27-16-15-26(36)18-25(27)14-17-32(28)45-5/h6-18,21,29H,19-20H2,1-5H3,(H,37,42). The van der Waals surface area contributed by atoms with Crippen molar-refractivity contribution in [3.8, 4) is 5.75 Å². The molecule has 0 saturated heterocycles. The van der Waals surface area contributed by atoms with Crippen LogP contribution in [-0.2, 0) is 16.1 Å². The third-order valence-electron chi connectivity index (χ3n) is 8.23. The minimum absolute atomic E-state index is 0.0921. The fourth-order valence-electron chi connectivity index (χ4n) is 5.44. The van der Waals surface area contributed by atoms with Gasteiger partial charge in [0.1, 0.15) is 11.8 Å². The van der Waals surface area contributed by atoms with Gasteiger partial charge in [-0.3, -0.25) is 24.1 Å². The Balaban J connectivity index is 1.64. The highest BCUT2D eigenvalue weighted by atomic mass is 79.9. The zero-order valence-electron chi connectivity index (χ0n) is 25.8. The van der Waals surface area contributed by atoms with Gasteiger partial charge < -0.3 is 19.9 Å². The van der Waals surface area contributed by atoms with Gasteiger partial charge in [0.2, 0.25) is 5.91 Å². The molecule has 9 nitrogen and oxygen atoms in total. The number of likely N-dealkylation sites (N-methyl/N-ethyl adjacent to an activating group) is 1. The first-order valence-electron chi connectivity index (χ1n) is 14.5. The van der Waals surface area contributed by atoms with E-state index >= 15 is 0 Å². The summed E-state index contributed by atoms with van der Waals surface area (Å²) in [6.07, 6.45) is 0. The average molecular weight is 672 g/mol. The number of benzene rings is 4. The minimum atomic E-state index is -1.05. The minimum Gasteiger partial charge on any atom is -0.496 e. The van der Waals surface area contributed by atoms with Crippen LogP contribution in [0.5, 0.6) is 5.75 Å². The normalized spacial score (nSPS) is 15.4. The highest BCUT2D eigenvalue weighted by Crippen LogP contribution is 2.38. The van der Waals surface area contributed by atoms with Crippen LogP contribution in [0.4, 0.5) is 11.4 Å². The second kappa shape index (κ2) is 13.2. The lowest BCUT2D eigenvalue weighted by atomic mass is 10.0. The fourth-order valence-corrected chi connectivity index (χ4v) is 5.82. The molecule has 0 spiro atoms. The molecular formula is C35H35BrN4O5. The number of carbonyl (C=O) groups excluding carboxylic acids is 4. The van der Waals surface area contributed by atoms with Gasteiger partial charge in [-0.2, -0.15) is 0 Å². The monoisotopic (exact) mass is 670 g/mol. The molecule has 0 bridgehead atoms. The number of ketones is 1. The first-order valence-corrected chi connectivity index (χ1v) is 15.3. The number of anilines is 2. The zero-order valence-corrected chi connectivity index (χ0v) is 27.4. The number of nitrogens with one attached hydrogen (secondary N) is 1. The summed E-state index contributed by atoms with van der Waals surface area (Å²) in [5.41, 5.74) is 2.67.